The number of carbonyl (C=O) groups is 1. The van der Waals surface area contributed by atoms with Crippen LogP contribution in [-0.4, -0.2) is 48.2 Å². The van der Waals surface area contributed by atoms with E-state index in [0.717, 1.165) is 13.0 Å². The molecule has 1 heterocycles. The minimum absolute atomic E-state index is 0.00635. The summed E-state index contributed by atoms with van der Waals surface area (Å²) in [5.41, 5.74) is 0. The SMILES string of the molecule is CC.CC(C)C(C)C(=O)NC1CCN(C)CC1O. The van der Waals surface area contributed by atoms with Crippen LogP contribution in [0.2, 0.25) is 0 Å². The maximum absolute atomic E-state index is 11.8. The number of aliphatic hydroxyl groups is 1. The van der Waals surface area contributed by atoms with Crippen molar-refractivity contribution in [3.8, 4) is 0 Å². The van der Waals surface area contributed by atoms with Crippen molar-refractivity contribution >= 4 is 5.91 Å². The lowest BCUT2D eigenvalue weighted by Crippen LogP contribution is -2.54. The van der Waals surface area contributed by atoms with Crippen LogP contribution in [0.5, 0.6) is 0 Å². The molecule has 1 fully saturated rings. The highest BCUT2D eigenvalue weighted by atomic mass is 16.3. The van der Waals surface area contributed by atoms with Gasteiger partial charge in [0.2, 0.25) is 5.91 Å². The quantitative estimate of drug-likeness (QED) is 0.806. The minimum Gasteiger partial charge on any atom is -0.390 e. The number of likely N-dealkylation sites (tertiary alicyclic amines) is 1. The molecule has 0 aliphatic carbocycles. The number of nitrogens with zero attached hydrogens (tertiary/aromatic N) is 1. The molecule has 1 aliphatic heterocycles. The number of amides is 1. The lowest BCUT2D eigenvalue weighted by Gasteiger charge is -2.34. The van der Waals surface area contributed by atoms with E-state index in [1.165, 1.54) is 0 Å². The molecule has 0 bridgehead atoms. The Morgan fingerprint density at radius 3 is 2.33 bits per heavy atom. The Morgan fingerprint density at radius 2 is 1.89 bits per heavy atom. The van der Waals surface area contributed by atoms with E-state index in [1.54, 1.807) is 0 Å². The molecule has 0 aromatic rings. The first kappa shape index (κ1) is 17.4. The summed E-state index contributed by atoms with van der Waals surface area (Å²) in [6.07, 6.45) is 0.385. The molecule has 18 heavy (non-hydrogen) atoms. The van der Waals surface area contributed by atoms with Gasteiger partial charge in [-0.15, -0.1) is 0 Å². The van der Waals surface area contributed by atoms with Crippen LogP contribution < -0.4 is 5.32 Å². The molecule has 3 unspecified atom stereocenters. The van der Waals surface area contributed by atoms with Crippen molar-refractivity contribution in [2.45, 2.75) is 53.2 Å². The van der Waals surface area contributed by atoms with E-state index in [4.69, 9.17) is 0 Å². The van der Waals surface area contributed by atoms with E-state index in [1.807, 2.05) is 41.7 Å². The number of hydrogen-bond acceptors (Lipinski definition) is 3. The van der Waals surface area contributed by atoms with Gasteiger partial charge in [-0.3, -0.25) is 4.79 Å². The third-order valence-corrected chi connectivity index (χ3v) is 3.53. The standard InChI is InChI=1S/C12H24N2O2.C2H6/c1-8(2)9(3)12(16)13-10-5-6-14(4)7-11(10)15;1-2/h8-11,15H,5-7H2,1-4H3,(H,13,16);1-2H3. The molecule has 1 saturated heterocycles. The van der Waals surface area contributed by atoms with Gasteiger partial charge in [0.15, 0.2) is 0 Å². The monoisotopic (exact) mass is 258 g/mol. The molecular weight excluding hydrogens is 228 g/mol. The first-order valence-electron chi connectivity index (χ1n) is 7.08. The second-order valence-electron chi connectivity index (χ2n) is 5.27. The van der Waals surface area contributed by atoms with Gasteiger partial charge in [0.05, 0.1) is 12.1 Å². The summed E-state index contributed by atoms with van der Waals surface area (Å²) in [6, 6.07) is -0.0788. The zero-order valence-electron chi connectivity index (χ0n) is 12.7. The lowest BCUT2D eigenvalue weighted by atomic mass is 9.95. The largest absolute Gasteiger partial charge is 0.390 e. The number of carbonyl (C=O) groups excluding carboxylic acids is 1. The van der Waals surface area contributed by atoms with Crippen molar-refractivity contribution in [1.82, 2.24) is 10.2 Å². The molecule has 0 radical (unpaired) electrons. The van der Waals surface area contributed by atoms with E-state index >= 15 is 0 Å². The van der Waals surface area contributed by atoms with Crippen LogP contribution in [0.15, 0.2) is 0 Å². The van der Waals surface area contributed by atoms with Gasteiger partial charge in [-0.2, -0.15) is 0 Å². The molecule has 108 valence electrons. The molecule has 1 aliphatic rings. The third-order valence-electron chi connectivity index (χ3n) is 3.53. The van der Waals surface area contributed by atoms with Crippen LogP contribution in [0.25, 0.3) is 0 Å². The van der Waals surface area contributed by atoms with Gasteiger partial charge in [0.1, 0.15) is 0 Å². The second-order valence-corrected chi connectivity index (χ2v) is 5.27. The summed E-state index contributed by atoms with van der Waals surface area (Å²) in [6.45, 7) is 11.6. The van der Waals surface area contributed by atoms with Gasteiger partial charge >= 0.3 is 0 Å². The summed E-state index contributed by atoms with van der Waals surface area (Å²) in [5, 5.41) is 12.8. The highest BCUT2D eigenvalue weighted by molar-refractivity contribution is 5.78. The summed E-state index contributed by atoms with van der Waals surface area (Å²) in [5.74, 6) is 0.402. The molecule has 1 rings (SSSR count). The molecular formula is C14H30N2O2. The van der Waals surface area contributed by atoms with E-state index < -0.39 is 6.10 Å². The fourth-order valence-electron chi connectivity index (χ4n) is 1.87. The number of likely N-dealkylation sites (N-methyl/N-ethyl adjacent to an activating group) is 1. The molecule has 4 nitrogen and oxygen atoms in total. The molecule has 0 spiro atoms. The normalized spacial score (nSPS) is 26.2. The Morgan fingerprint density at radius 1 is 1.33 bits per heavy atom. The van der Waals surface area contributed by atoms with E-state index in [-0.39, 0.29) is 17.9 Å². The Balaban J connectivity index is 0.00000137. The van der Waals surface area contributed by atoms with Gasteiger partial charge in [-0.1, -0.05) is 34.6 Å². The van der Waals surface area contributed by atoms with Gasteiger partial charge in [0.25, 0.3) is 0 Å². The fourth-order valence-corrected chi connectivity index (χ4v) is 1.87. The number of aliphatic hydroxyl groups excluding tert-OH is 1. The van der Waals surface area contributed by atoms with Crippen molar-refractivity contribution in [2.75, 3.05) is 20.1 Å². The number of rotatable bonds is 3. The summed E-state index contributed by atoms with van der Waals surface area (Å²) < 4.78 is 0. The Hall–Kier alpha value is -0.610. The summed E-state index contributed by atoms with van der Waals surface area (Å²) in [4.78, 5) is 13.9. The van der Waals surface area contributed by atoms with Gasteiger partial charge < -0.3 is 15.3 Å². The average Bonchev–Trinajstić information content (AvgIpc) is 2.34. The summed E-state index contributed by atoms with van der Waals surface area (Å²) in [7, 11) is 1.98. The zero-order chi connectivity index (χ0) is 14.3. The van der Waals surface area contributed by atoms with Gasteiger partial charge in [-0.05, 0) is 25.9 Å². The topological polar surface area (TPSA) is 52.6 Å². The molecule has 2 N–H and O–H groups in total. The van der Waals surface area contributed by atoms with Gasteiger partial charge in [-0.25, -0.2) is 0 Å². The Labute approximate surface area is 112 Å². The Kier molecular flexibility index (Phi) is 8.20. The van der Waals surface area contributed by atoms with Crippen LogP contribution in [0.3, 0.4) is 0 Å². The van der Waals surface area contributed by atoms with Crippen LogP contribution >= 0.6 is 0 Å². The number of β-amino-alcohol motifs (C(OH)–C–C–N with tert-alkyl or cyclic N) is 1. The predicted octanol–water partition coefficient (Wildman–Crippen LogP) is 1.49. The van der Waals surface area contributed by atoms with Crippen molar-refractivity contribution in [1.29, 1.82) is 0 Å². The highest BCUT2D eigenvalue weighted by Gasteiger charge is 2.28. The number of hydrogen-bond donors (Lipinski definition) is 2. The first-order valence-corrected chi connectivity index (χ1v) is 7.08. The van der Waals surface area contributed by atoms with E-state index in [2.05, 4.69) is 10.2 Å². The third kappa shape index (κ3) is 5.36. The summed E-state index contributed by atoms with van der Waals surface area (Å²) >= 11 is 0. The number of piperidine rings is 1. The van der Waals surface area contributed by atoms with Crippen LogP contribution in [0.4, 0.5) is 0 Å². The lowest BCUT2D eigenvalue weighted by molar-refractivity contribution is -0.127. The zero-order valence-corrected chi connectivity index (χ0v) is 12.7. The molecule has 0 aromatic carbocycles. The van der Waals surface area contributed by atoms with Crippen molar-refractivity contribution in [3.05, 3.63) is 0 Å². The molecule has 4 heteroatoms. The highest BCUT2D eigenvalue weighted by Crippen LogP contribution is 2.13. The molecule has 0 aromatic heterocycles. The number of nitrogens with one attached hydrogen (secondary N) is 1. The minimum atomic E-state index is -0.443. The molecule has 3 atom stereocenters. The van der Waals surface area contributed by atoms with E-state index in [0.29, 0.717) is 12.5 Å². The van der Waals surface area contributed by atoms with Gasteiger partial charge in [0, 0.05) is 12.5 Å². The maximum atomic E-state index is 11.8. The van der Waals surface area contributed by atoms with Crippen LogP contribution in [0, 0.1) is 11.8 Å². The predicted molar refractivity (Wildman–Crippen MR) is 75.4 cm³/mol. The molecule has 0 saturated carbocycles. The van der Waals surface area contributed by atoms with Crippen LogP contribution in [0.1, 0.15) is 41.0 Å². The first-order chi connectivity index (χ1) is 8.41. The molecule has 1 amide bonds. The van der Waals surface area contributed by atoms with Crippen molar-refractivity contribution in [3.63, 3.8) is 0 Å². The Bertz CT molecular complexity index is 244. The smallest absolute Gasteiger partial charge is 0.223 e. The average molecular weight is 258 g/mol. The van der Waals surface area contributed by atoms with E-state index in [9.17, 15) is 9.90 Å². The van der Waals surface area contributed by atoms with Crippen molar-refractivity contribution < 1.29 is 9.90 Å². The second kappa shape index (κ2) is 8.48. The maximum Gasteiger partial charge on any atom is 0.223 e. The van der Waals surface area contributed by atoms with Crippen molar-refractivity contribution in [2.24, 2.45) is 11.8 Å². The fraction of sp³-hybridized carbons (Fsp3) is 0.929. The van der Waals surface area contributed by atoms with Crippen LogP contribution in [-0.2, 0) is 4.79 Å².